The van der Waals surface area contributed by atoms with Gasteiger partial charge in [-0.3, -0.25) is 4.79 Å². The van der Waals surface area contributed by atoms with Crippen molar-refractivity contribution in [1.29, 1.82) is 0 Å². The van der Waals surface area contributed by atoms with E-state index in [4.69, 9.17) is 0 Å². The van der Waals surface area contributed by atoms with Crippen molar-refractivity contribution in [2.75, 3.05) is 26.2 Å². The van der Waals surface area contributed by atoms with Gasteiger partial charge >= 0.3 is 0 Å². The summed E-state index contributed by atoms with van der Waals surface area (Å²) in [5.41, 5.74) is 0. The normalized spacial score (nSPS) is 27.3. The Morgan fingerprint density at radius 2 is 1.83 bits per heavy atom. The van der Waals surface area contributed by atoms with Crippen molar-refractivity contribution in [3.05, 3.63) is 0 Å². The van der Waals surface area contributed by atoms with Crippen LogP contribution in [-0.4, -0.2) is 37.0 Å². The monoisotopic (exact) mass is 252 g/mol. The lowest BCUT2D eigenvalue weighted by Crippen LogP contribution is -2.41. The first-order chi connectivity index (χ1) is 8.68. The summed E-state index contributed by atoms with van der Waals surface area (Å²) in [5, 5.41) is 3.34. The molecule has 2 aliphatic rings. The summed E-state index contributed by atoms with van der Waals surface area (Å²) in [6, 6.07) is 0. The van der Waals surface area contributed by atoms with Gasteiger partial charge in [0.15, 0.2) is 0 Å². The summed E-state index contributed by atoms with van der Waals surface area (Å²) < 4.78 is 0. The van der Waals surface area contributed by atoms with E-state index in [1.807, 2.05) is 0 Å². The molecule has 1 unspecified atom stereocenters. The third-order valence-electron chi connectivity index (χ3n) is 4.72. The van der Waals surface area contributed by atoms with Crippen molar-refractivity contribution in [2.45, 2.75) is 46.0 Å². The van der Waals surface area contributed by atoms with Crippen molar-refractivity contribution >= 4 is 5.91 Å². The number of nitrogens with one attached hydrogen (secondary N) is 1. The molecule has 2 fully saturated rings. The van der Waals surface area contributed by atoms with Crippen LogP contribution in [0.5, 0.6) is 0 Å². The van der Waals surface area contributed by atoms with Gasteiger partial charge in [-0.15, -0.1) is 0 Å². The highest BCUT2D eigenvalue weighted by atomic mass is 16.2. The molecule has 0 saturated carbocycles. The van der Waals surface area contributed by atoms with E-state index < -0.39 is 0 Å². The molecule has 0 aromatic carbocycles. The highest BCUT2D eigenvalue weighted by Crippen LogP contribution is 2.26. The molecule has 0 radical (unpaired) electrons. The van der Waals surface area contributed by atoms with E-state index in [0.717, 1.165) is 50.9 Å². The molecule has 0 bridgehead atoms. The number of piperidine rings is 1. The van der Waals surface area contributed by atoms with Gasteiger partial charge in [-0.25, -0.2) is 0 Å². The standard InChI is InChI=1S/C15H28N2O/c1-12(2)13-4-3-10-17(11-7-13)15(18)14-5-8-16-9-6-14/h12-14,16H,3-11H2,1-2H3. The van der Waals surface area contributed by atoms with Gasteiger partial charge in [-0.2, -0.15) is 0 Å². The second kappa shape index (κ2) is 6.55. The molecular weight excluding hydrogens is 224 g/mol. The van der Waals surface area contributed by atoms with Crippen LogP contribution in [-0.2, 0) is 4.79 Å². The average molecular weight is 252 g/mol. The van der Waals surface area contributed by atoms with E-state index in [1.54, 1.807) is 0 Å². The summed E-state index contributed by atoms with van der Waals surface area (Å²) in [6.45, 7) is 8.64. The van der Waals surface area contributed by atoms with Gasteiger partial charge < -0.3 is 10.2 Å². The molecule has 1 amide bonds. The van der Waals surface area contributed by atoms with E-state index in [1.165, 1.54) is 19.3 Å². The largest absolute Gasteiger partial charge is 0.342 e. The van der Waals surface area contributed by atoms with E-state index in [2.05, 4.69) is 24.1 Å². The molecule has 0 spiro atoms. The fourth-order valence-corrected chi connectivity index (χ4v) is 3.34. The summed E-state index contributed by atoms with van der Waals surface area (Å²) >= 11 is 0. The Morgan fingerprint density at radius 3 is 2.50 bits per heavy atom. The minimum absolute atomic E-state index is 0.293. The molecule has 0 aromatic heterocycles. The van der Waals surface area contributed by atoms with Crippen LogP contribution < -0.4 is 5.32 Å². The summed E-state index contributed by atoms with van der Waals surface area (Å²) in [4.78, 5) is 14.6. The average Bonchev–Trinajstić information content (AvgIpc) is 2.64. The molecule has 3 nitrogen and oxygen atoms in total. The molecule has 1 N–H and O–H groups in total. The fraction of sp³-hybridized carbons (Fsp3) is 0.933. The van der Waals surface area contributed by atoms with Crippen molar-refractivity contribution in [2.24, 2.45) is 17.8 Å². The number of rotatable bonds is 2. The molecule has 0 aromatic rings. The molecule has 18 heavy (non-hydrogen) atoms. The van der Waals surface area contributed by atoms with E-state index in [0.29, 0.717) is 11.8 Å². The maximum absolute atomic E-state index is 12.5. The van der Waals surface area contributed by atoms with Gasteiger partial charge in [-0.05, 0) is 57.0 Å². The molecule has 2 heterocycles. The second-order valence-electron chi connectivity index (χ2n) is 6.28. The van der Waals surface area contributed by atoms with Crippen molar-refractivity contribution < 1.29 is 4.79 Å². The Kier molecular flexibility index (Phi) is 5.04. The van der Waals surface area contributed by atoms with Crippen LogP contribution in [0.1, 0.15) is 46.0 Å². The highest BCUT2D eigenvalue weighted by molar-refractivity contribution is 5.79. The quantitative estimate of drug-likeness (QED) is 0.817. The summed E-state index contributed by atoms with van der Waals surface area (Å²) in [6.07, 6.45) is 5.76. The van der Waals surface area contributed by atoms with Crippen LogP contribution in [0.2, 0.25) is 0 Å². The SMILES string of the molecule is CC(C)C1CCCN(C(=O)C2CCNCC2)CC1. The first kappa shape index (κ1) is 13.9. The molecule has 2 saturated heterocycles. The zero-order valence-corrected chi connectivity index (χ0v) is 12.0. The molecule has 2 aliphatic heterocycles. The minimum Gasteiger partial charge on any atom is -0.342 e. The predicted octanol–water partition coefficient (Wildman–Crippen LogP) is 2.27. The first-order valence-corrected chi connectivity index (χ1v) is 7.68. The van der Waals surface area contributed by atoms with E-state index in [9.17, 15) is 4.79 Å². The lowest BCUT2D eigenvalue weighted by atomic mass is 9.89. The number of nitrogens with zero attached hydrogens (tertiary/aromatic N) is 1. The number of hydrogen-bond donors (Lipinski definition) is 1. The maximum atomic E-state index is 12.5. The molecular formula is C15H28N2O. The van der Waals surface area contributed by atoms with Crippen molar-refractivity contribution in [3.63, 3.8) is 0 Å². The third kappa shape index (κ3) is 3.47. The van der Waals surface area contributed by atoms with Gasteiger partial charge in [0.1, 0.15) is 0 Å². The van der Waals surface area contributed by atoms with Crippen LogP contribution in [0.25, 0.3) is 0 Å². The van der Waals surface area contributed by atoms with Gasteiger partial charge in [-0.1, -0.05) is 13.8 Å². The van der Waals surface area contributed by atoms with Crippen molar-refractivity contribution in [3.8, 4) is 0 Å². The number of hydrogen-bond acceptors (Lipinski definition) is 2. The van der Waals surface area contributed by atoms with Crippen LogP contribution >= 0.6 is 0 Å². The van der Waals surface area contributed by atoms with Gasteiger partial charge in [0.05, 0.1) is 0 Å². The zero-order valence-electron chi connectivity index (χ0n) is 12.0. The van der Waals surface area contributed by atoms with Crippen molar-refractivity contribution in [1.82, 2.24) is 10.2 Å². The Morgan fingerprint density at radius 1 is 1.11 bits per heavy atom. The first-order valence-electron chi connectivity index (χ1n) is 7.68. The second-order valence-corrected chi connectivity index (χ2v) is 6.28. The van der Waals surface area contributed by atoms with Gasteiger partial charge in [0, 0.05) is 19.0 Å². The number of likely N-dealkylation sites (tertiary alicyclic amines) is 1. The molecule has 3 heteroatoms. The maximum Gasteiger partial charge on any atom is 0.225 e. The molecule has 2 rings (SSSR count). The number of carbonyl (C=O) groups excluding carboxylic acids is 1. The van der Waals surface area contributed by atoms with Crippen LogP contribution in [0.3, 0.4) is 0 Å². The van der Waals surface area contributed by atoms with Crippen LogP contribution in [0.15, 0.2) is 0 Å². The topological polar surface area (TPSA) is 32.3 Å². The molecule has 0 aliphatic carbocycles. The van der Waals surface area contributed by atoms with Crippen LogP contribution in [0, 0.1) is 17.8 Å². The molecule has 1 atom stereocenters. The zero-order chi connectivity index (χ0) is 13.0. The van der Waals surface area contributed by atoms with Crippen LogP contribution in [0.4, 0.5) is 0 Å². The summed E-state index contributed by atoms with van der Waals surface area (Å²) in [5.74, 6) is 2.30. The van der Waals surface area contributed by atoms with Gasteiger partial charge in [0.2, 0.25) is 5.91 Å². The Balaban J connectivity index is 1.86. The lowest BCUT2D eigenvalue weighted by Gasteiger charge is -2.29. The Bertz CT molecular complexity index is 272. The smallest absolute Gasteiger partial charge is 0.225 e. The third-order valence-corrected chi connectivity index (χ3v) is 4.72. The van der Waals surface area contributed by atoms with E-state index >= 15 is 0 Å². The number of carbonyl (C=O) groups is 1. The highest BCUT2D eigenvalue weighted by Gasteiger charge is 2.28. The molecule has 104 valence electrons. The van der Waals surface area contributed by atoms with Gasteiger partial charge in [0.25, 0.3) is 0 Å². The number of amides is 1. The summed E-state index contributed by atoms with van der Waals surface area (Å²) in [7, 11) is 0. The Hall–Kier alpha value is -0.570. The predicted molar refractivity (Wildman–Crippen MR) is 74.4 cm³/mol. The lowest BCUT2D eigenvalue weighted by molar-refractivity contribution is -0.136. The fourth-order valence-electron chi connectivity index (χ4n) is 3.34. The minimum atomic E-state index is 0.293. The Labute approximate surface area is 111 Å². The van der Waals surface area contributed by atoms with E-state index in [-0.39, 0.29) is 0 Å².